The van der Waals surface area contributed by atoms with Gasteiger partial charge in [-0.05, 0) is 35.2 Å². The first-order valence-corrected chi connectivity index (χ1v) is 9.27. The molecule has 138 valence electrons. The van der Waals surface area contributed by atoms with E-state index in [4.69, 9.17) is 4.74 Å². The number of methoxy groups -OCH3 is 1. The van der Waals surface area contributed by atoms with Gasteiger partial charge in [0.1, 0.15) is 5.75 Å². The lowest BCUT2D eigenvalue weighted by atomic mass is 9.90. The van der Waals surface area contributed by atoms with Crippen molar-refractivity contribution in [2.45, 2.75) is 25.3 Å². The molecule has 3 rings (SSSR count). The Bertz CT molecular complexity index is 805. The van der Waals surface area contributed by atoms with Crippen LogP contribution in [0.3, 0.4) is 0 Å². The highest BCUT2D eigenvalue weighted by molar-refractivity contribution is 5.87. The van der Waals surface area contributed by atoms with Crippen LogP contribution in [0.5, 0.6) is 5.75 Å². The average Bonchev–Trinajstić information content (AvgIpc) is 2.74. The van der Waals surface area contributed by atoms with Crippen molar-refractivity contribution in [3.05, 3.63) is 102 Å². The quantitative estimate of drug-likeness (QED) is 0.638. The van der Waals surface area contributed by atoms with Crippen molar-refractivity contribution in [2.75, 3.05) is 7.11 Å². The molecule has 0 bridgehead atoms. The maximum Gasteiger partial charge on any atom is 0.232 e. The first-order chi connectivity index (χ1) is 13.2. The Hall–Kier alpha value is -3.07. The van der Waals surface area contributed by atoms with Crippen molar-refractivity contribution in [1.82, 2.24) is 5.32 Å². The predicted octanol–water partition coefficient (Wildman–Crippen LogP) is 5.09. The maximum absolute atomic E-state index is 13.3. The summed E-state index contributed by atoms with van der Waals surface area (Å²) in [5.74, 6) is 0.487. The topological polar surface area (TPSA) is 38.3 Å². The summed E-state index contributed by atoms with van der Waals surface area (Å²) < 4.78 is 5.23. The van der Waals surface area contributed by atoms with Crippen LogP contribution in [0.15, 0.2) is 84.9 Å². The van der Waals surface area contributed by atoms with Crippen LogP contribution in [0.4, 0.5) is 0 Å². The van der Waals surface area contributed by atoms with E-state index in [1.807, 2.05) is 84.9 Å². The number of carbonyl (C=O) groups excluding carboxylic acids is 1. The molecule has 0 saturated heterocycles. The van der Waals surface area contributed by atoms with Crippen LogP contribution in [0, 0.1) is 0 Å². The number of amides is 1. The number of nitrogens with one attached hydrogen (secondary N) is 1. The Morgan fingerprint density at radius 1 is 0.815 bits per heavy atom. The fourth-order valence-corrected chi connectivity index (χ4v) is 3.30. The lowest BCUT2D eigenvalue weighted by Gasteiger charge is -2.23. The Kier molecular flexibility index (Phi) is 6.26. The third-order valence-corrected chi connectivity index (χ3v) is 4.77. The molecule has 0 aliphatic heterocycles. The lowest BCUT2D eigenvalue weighted by Crippen LogP contribution is -2.33. The Balaban J connectivity index is 1.87. The largest absolute Gasteiger partial charge is 0.497 e. The Morgan fingerprint density at radius 2 is 1.33 bits per heavy atom. The van der Waals surface area contributed by atoms with Gasteiger partial charge in [-0.3, -0.25) is 4.79 Å². The molecule has 0 saturated carbocycles. The number of hydrogen-bond acceptors (Lipinski definition) is 2. The van der Waals surface area contributed by atoms with Gasteiger partial charge in [-0.2, -0.15) is 0 Å². The van der Waals surface area contributed by atoms with Gasteiger partial charge >= 0.3 is 0 Å². The molecule has 3 aromatic carbocycles. The zero-order chi connectivity index (χ0) is 19.1. The van der Waals surface area contributed by atoms with Crippen LogP contribution in [-0.4, -0.2) is 13.0 Å². The van der Waals surface area contributed by atoms with E-state index in [0.717, 1.165) is 28.9 Å². The Labute approximate surface area is 161 Å². The van der Waals surface area contributed by atoms with Gasteiger partial charge in [0.2, 0.25) is 5.91 Å². The first kappa shape index (κ1) is 18.7. The van der Waals surface area contributed by atoms with E-state index in [1.54, 1.807) is 7.11 Å². The number of benzene rings is 3. The van der Waals surface area contributed by atoms with E-state index in [2.05, 4.69) is 12.2 Å². The van der Waals surface area contributed by atoms with E-state index in [-0.39, 0.29) is 17.9 Å². The monoisotopic (exact) mass is 359 g/mol. The van der Waals surface area contributed by atoms with E-state index in [0.29, 0.717) is 0 Å². The first-order valence-electron chi connectivity index (χ1n) is 9.27. The van der Waals surface area contributed by atoms with Crippen LogP contribution in [0.2, 0.25) is 0 Å². The molecule has 0 spiro atoms. The van der Waals surface area contributed by atoms with Crippen molar-refractivity contribution in [3.63, 3.8) is 0 Å². The van der Waals surface area contributed by atoms with Gasteiger partial charge < -0.3 is 10.1 Å². The molecule has 0 fully saturated rings. The summed E-state index contributed by atoms with van der Waals surface area (Å²) in [6.07, 6.45) is 0.814. The smallest absolute Gasteiger partial charge is 0.232 e. The number of hydrogen-bond donors (Lipinski definition) is 1. The highest BCUT2D eigenvalue weighted by atomic mass is 16.5. The maximum atomic E-state index is 13.3. The number of rotatable bonds is 7. The van der Waals surface area contributed by atoms with Gasteiger partial charge in [0.25, 0.3) is 0 Å². The van der Waals surface area contributed by atoms with Crippen molar-refractivity contribution in [2.24, 2.45) is 0 Å². The summed E-state index contributed by atoms with van der Waals surface area (Å²) in [5, 5.41) is 3.24. The minimum absolute atomic E-state index is 0.00932. The molecule has 3 heteroatoms. The van der Waals surface area contributed by atoms with Crippen LogP contribution >= 0.6 is 0 Å². The lowest BCUT2D eigenvalue weighted by molar-refractivity contribution is -0.122. The molecule has 0 heterocycles. The SMILES string of the molecule is CC[C@@H](NC(=O)C(c1ccccc1)c1ccccc1)c1ccc(OC)cc1. The van der Waals surface area contributed by atoms with Crippen LogP contribution in [0.1, 0.15) is 42.0 Å². The summed E-state index contributed by atoms with van der Waals surface area (Å²) >= 11 is 0. The molecule has 1 amide bonds. The highest BCUT2D eigenvalue weighted by Crippen LogP contribution is 2.27. The summed E-state index contributed by atoms with van der Waals surface area (Å²) in [6.45, 7) is 2.08. The summed E-state index contributed by atoms with van der Waals surface area (Å²) in [7, 11) is 1.65. The zero-order valence-corrected chi connectivity index (χ0v) is 15.8. The molecular weight excluding hydrogens is 334 g/mol. The fraction of sp³-hybridized carbons (Fsp3) is 0.208. The van der Waals surface area contributed by atoms with Gasteiger partial charge in [0.05, 0.1) is 19.1 Å². The molecule has 1 N–H and O–H groups in total. The standard InChI is InChI=1S/C24H25NO2/c1-3-22(18-14-16-21(27-2)17-15-18)25-24(26)23(19-10-6-4-7-11-19)20-12-8-5-9-13-20/h4-17,22-23H,3H2,1-2H3,(H,25,26)/t22-/m1/s1. The minimum Gasteiger partial charge on any atom is -0.497 e. The van der Waals surface area contributed by atoms with Gasteiger partial charge in [-0.15, -0.1) is 0 Å². The molecule has 3 aromatic rings. The van der Waals surface area contributed by atoms with Crippen molar-refractivity contribution < 1.29 is 9.53 Å². The van der Waals surface area contributed by atoms with Crippen molar-refractivity contribution in [1.29, 1.82) is 0 Å². The molecule has 3 nitrogen and oxygen atoms in total. The number of ether oxygens (including phenoxy) is 1. The zero-order valence-electron chi connectivity index (χ0n) is 15.8. The molecule has 0 aromatic heterocycles. The van der Waals surface area contributed by atoms with Gasteiger partial charge in [0.15, 0.2) is 0 Å². The minimum atomic E-state index is -0.334. The number of carbonyl (C=O) groups is 1. The summed E-state index contributed by atoms with van der Waals surface area (Å²) in [6, 6.07) is 27.7. The van der Waals surface area contributed by atoms with E-state index >= 15 is 0 Å². The highest BCUT2D eigenvalue weighted by Gasteiger charge is 2.24. The third-order valence-electron chi connectivity index (χ3n) is 4.77. The molecule has 1 atom stereocenters. The second-order valence-electron chi connectivity index (χ2n) is 6.50. The molecular formula is C24H25NO2. The van der Waals surface area contributed by atoms with Gasteiger partial charge in [-0.25, -0.2) is 0 Å². The van der Waals surface area contributed by atoms with Gasteiger partial charge in [-0.1, -0.05) is 79.7 Å². The van der Waals surface area contributed by atoms with E-state index < -0.39 is 0 Å². The third kappa shape index (κ3) is 4.56. The molecule has 0 aliphatic rings. The molecule has 27 heavy (non-hydrogen) atoms. The summed E-state index contributed by atoms with van der Waals surface area (Å²) in [4.78, 5) is 13.3. The van der Waals surface area contributed by atoms with Crippen LogP contribution < -0.4 is 10.1 Å². The van der Waals surface area contributed by atoms with E-state index in [1.165, 1.54) is 0 Å². The fourth-order valence-electron chi connectivity index (χ4n) is 3.30. The average molecular weight is 359 g/mol. The summed E-state index contributed by atoms with van der Waals surface area (Å²) in [5.41, 5.74) is 3.06. The second kappa shape index (κ2) is 9.04. The van der Waals surface area contributed by atoms with Crippen LogP contribution in [0.25, 0.3) is 0 Å². The normalized spacial score (nSPS) is 11.8. The molecule has 0 radical (unpaired) electrons. The van der Waals surface area contributed by atoms with E-state index in [9.17, 15) is 4.79 Å². The van der Waals surface area contributed by atoms with Crippen molar-refractivity contribution >= 4 is 5.91 Å². The van der Waals surface area contributed by atoms with Crippen molar-refractivity contribution in [3.8, 4) is 5.75 Å². The molecule has 0 unspecified atom stereocenters. The second-order valence-corrected chi connectivity index (χ2v) is 6.50. The van der Waals surface area contributed by atoms with Gasteiger partial charge in [0, 0.05) is 0 Å². The Morgan fingerprint density at radius 3 is 1.78 bits per heavy atom. The predicted molar refractivity (Wildman–Crippen MR) is 109 cm³/mol. The van der Waals surface area contributed by atoms with Crippen LogP contribution in [-0.2, 0) is 4.79 Å². The molecule has 0 aliphatic carbocycles.